The Morgan fingerprint density at radius 1 is 1.42 bits per heavy atom. The number of cyclic esters (lactones) is 1. The number of rotatable bonds is 6. The fourth-order valence-electron chi connectivity index (χ4n) is 3.00. The molecule has 128 valence electrons. The van der Waals surface area contributed by atoms with Gasteiger partial charge in [0.25, 0.3) is 0 Å². The van der Waals surface area contributed by atoms with Crippen LogP contribution in [-0.2, 0) is 9.53 Å². The number of hydrogen-bond donors (Lipinski definition) is 0. The SMILES string of the molecule is CCC[C@H](N=[N+]=[N-])[C@@H](C)C(=O)N1C(=O)O[C@@H](c2ccccc2)[C@H]1C. The summed E-state index contributed by atoms with van der Waals surface area (Å²) in [6, 6.07) is 8.46. The lowest BCUT2D eigenvalue weighted by molar-refractivity contribution is -0.133. The molecule has 1 aromatic carbocycles. The van der Waals surface area contributed by atoms with Crippen molar-refractivity contribution in [2.75, 3.05) is 0 Å². The van der Waals surface area contributed by atoms with E-state index in [0.29, 0.717) is 6.42 Å². The van der Waals surface area contributed by atoms with Crippen LogP contribution in [0.4, 0.5) is 4.79 Å². The van der Waals surface area contributed by atoms with Gasteiger partial charge in [-0.2, -0.15) is 0 Å². The average molecular weight is 330 g/mol. The van der Waals surface area contributed by atoms with Crippen LogP contribution in [0, 0.1) is 5.92 Å². The molecule has 0 spiro atoms. The standard InChI is InChI=1S/C17H22N4O3/c1-4-8-14(19-20-18)11(2)16(22)21-12(3)15(24-17(21)23)13-9-6-5-7-10-13/h5-7,9-12,14-15H,4,8H2,1-3H3/t11-,12-,14+,15-/m1/s1. The van der Waals surface area contributed by atoms with E-state index in [4.69, 9.17) is 10.3 Å². The fourth-order valence-corrected chi connectivity index (χ4v) is 3.00. The minimum Gasteiger partial charge on any atom is -0.439 e. The molecule has 1 saturated heterocycles. The van der Waals surface area contributed by atoms with E-state index in [2.05, 4.69) is 10.0 Å². The van der Waals surface area contributed by atoms with Gasteiger partial charge < -0.3 is 4.74 Å². The van der Waals surface area contributed by atoms with E-state index in [1.165, 1.54) is 0 Å². The van der Waals surface area contributed by atoms with E-state index in [0.717, 1.165) is 16.9 Å². The van der Waals surface area contributed by atoms with Crippen molar-refractivity contribution in [2.24, 2.45) is 11.0 Å². The van der Waals surface area contributed by atoms with Gasteiger partial charge in [-0.1, -0.05) is 55.7 Å². The second-order valence-corrected chi connectivity index (χ2v) is 6.01. The number of carbonyl (C=O) groups excluding carboxylic acids is 2. The lowest BCUT2D eigenvalue weighted by atomic mass is 9.95. The van der Waals surface area contributed by atoms with Gasteiger partial charge in [0.15, 0.2) is 0 Å². The molecular weight excluding hydrogens is 308 g/mol. The van der Waals surface area contributed by atoms with Gasteiger partial charge in [-0.25, -0.2) is 9.69 Å². The van der Waals surface area contributed by atoms with Crippen LogP contribution in [0.5, 0.6) is 0 Å². The normalized spacial score (nSPS) is 22.5. The van der Waals surface area contributed by atoms with Gasteiger partial charge in [0.1, 0.15) is 6.10 Å². The molecule has 1 heterocycles. The van der Waals surface area contributed by atoms with Crippen LogP contribution in [0.3, 0.4) is 0 Å². The van der Waals surface area contributed by atoms with Crippen molar-refractivity contribution in [3.8, 4) is 0 Å². The van der Waals surface area contributed by atoms with Crippen molar-refractivity contribution >= 4 is 12.0 Å². The van der Waals surface area contributed by atoms with Gasteiger partial charge in [-0.15, -0.1) is 0 Å². The molecular formula is C17H22N4O3. The predicted molar refractivity (Wildman–Crippen MR) is 89.0 cm³/mol. The lowest BCUT2D eigenvalue weighted by Gasteiger charge is -2.25. The van der Waals surface area contributed by atoms with Crippen LogP contribution in [-0.4, -0.2) is 29.0 Å². The molecule has 0 unspecified atom stereocenters. The van der Waals surface area contributed by atoms with Crippen molar-refractivity contribution in [1.29, 1.82) is 0 Å². The summed E-state index contributed by atoms with van der Waals surface area (Å²) in [4.78, 5) is 29.0. The van der Waals surface area contributed by atoms with Gasteiger partial charge in [-0.05, 0) is 24.4 Å². The summed E-state index contributed by atoms with van der Waals surface area (Å²) in [6.45, 7) is 5.43. The molecule has 7 heteroatoms. The Kier molecular flexibility index (Phi) is 5.82. The van der Waals surface area contributed by atoms with Crippen molar-refractivity contribution in [3.63, 3.8) is 0 Å². The number of imide groups is 1. The molecule has 4 atom stereocenters. The average Bonchev–Trinajstić information content (AvgIpc) is 2.88. The van der Waals surface area contributed by atoms with Crippen LogP contribution < -0.4 is 0 Å². The van der Waals surface area contributed by atoms with E-state index in [1.807, 2.05) is 37.3 Å². The largest absolute Gasteiger partial charge is 0.439 e. The van der Waals surface area contributed by atoms with Gasteiger partial charge in [0.05, 0.1) is 6.04 Å². The van der Waals surface area contributed by atoms with Gasteiger partial charge in [-0.3, -0.25) is 4.79 Å². The summed E-state index contributed by atoms with van der Waals surface area (Å²) in [5.74, 6) is -0.942. The molecule has 0 saturated carbocycles. The van der Waals surface area contributed by atoms with E-state index in [9.17, 15) is 9.59 Å². The summed E-state index contributed by atoms with van der Waals surface area (Å²) in [7, 11) is 0. The quantitative estimate of drug-likeness (QED) is 0.444. The van der Waals surface area contributed by atoms with Crippen LogP contribution >= 0.6 is 0 Å². The highest BCUT2D eigenvalue weighted by Gasteiger charge is 2.45. The molecule has 24 heavy (non-hydrogen) atoms. The third-order valence-corrected chi connectivity index (χ3v) is 4.39. The van der Waals surface area contributed by atoms with Crippen molar-refractivity contribution in [3.05, 3.63) is 46.3 Å². The number of nitrogens with zero attached hydrogens (tertiary/aromatic N) is 4. The zero-order valence-corrected chi connectivity index (χ0v) is 14.1. The third-order valence-electron chi connectivity index (χ3n) is 4.39. The number of benzene rings is 1. The maximum Gasteiger partial charge on any atom is 0.417 e. The maximum atomic E-state index is 12.8. The highest BCUT2D eigenvalue weighted by Crippen LogP contribution is 2.34. The number of carbonyl (C=O) groups is 2. The smallest absolute Gasteiger partial charge is 0.417 e. The second kappa shape index (κ2) is 7.84. The Labute approximate surface area is 141 Å². The number of ether oxygens (including phenoxy) is 1. The topological polar surface area (TPSA) is 95.4 Å². The van der Waals surface area contributed by atoms with Gasteiger partial charge in [0, 0.05) is 16.9 Å². The molecule has 2 amide bonds. The Morgan fingerprint density at radius 3 is 2.67 bits per heavy atom. The minimum absolute atomic E-state index is 0.364. The molecule has 0 aromatic heterocycles. The van der Waals surface area contributed by atoms with Crippen LogP contribution in [0.2, 0.25) is 0 Å². The molecule has 1 fully saturated rings. The van der Waals surface area contributed by atoms with Crippen molar-refractivity contribution in [2.45, 2.75) is 51.8 Å². The van der Waals surface area contributed by atoms with E-state index in [-0.39, 0.29) is 5.91 Å². The molecule has 1 aliphatic heterocycles. The first-order valence-corrected chi connectivity index (χ1v) is 8.14. The third kappa shape index (κ3) is 3.51. The fraction of sp³-hybridized carbons (Fsp3) is 0.529. The van der Waals surface area contributed by atoms with E-state index < -0.39 is 30.2 Å². The highest BCUT2D eigenvalue weighted by atomic mass is 16.6. The molecule has 0 aliphatic carbocycles. The Morgan fingerprint density at radius 2 is 2.08 bits per heavy atom. The zero-order valence-electron chi connectivity index (χ0n) is 14.1. The van der Waals surface area contributed by atoms with Crippen LogP contribution in [0.15, 0.2) is 35.4 Å². The number of hydrogen-bond acceptors (Lipinski definition) is 4. The lowest BCUT2D eigenvalue weighted by Crippen LogP contribution is -2.43. The second-order valence-electron chi connectivity index (χ2n) is 6.01. The Balaban J connectivity index is 2.20. The molecule has 1 aliphatic rings. The highest BCUT2D eigenvalue weighted by molar-refractivity contribution is 5.95. The van der Waals surface area contributed by atoms with Crippen LogP contribution in [0.25, 0.3) is 10.4 Å². The predicted octanol–water partition coefficient (Wildman–Crippen LogP) is 4.21. The number of azide groups is 1. The molecule has 7 nitrogen and oxygen atoms in total. The van der Waals surface area contributed by atoms with Crippen molar-refractivity contribution < 1.29 is 14.3 Å². The zero-order chi connectivity index (χ0) is 17.7. The van der Waals surface area contributed by atoms with E-state index >= 15 is 0 Å². The molecule has 1 aromatic rings. The summed E-state index contributed by atoms with van der Waals surface area (Å²) >= 11 is 0. The molecule has 2 rings (SSSR count). The first kappa shape index (κ1) is 17.8. The molecule has 0 N–H and O–H groups in total. The van der Waals surface area contributed by atoms with Gasteiger partial charge >= 0.3 is 6.09 Å². The summed E-state index contributed by atoms with van der Waals surface area (Å²) in [5, 5.41) is 3.71. The monoisotopic (exact) mass is 330 g/mol. The van der Waals surface area contributed by atoms with Crippen LogP contribution in [0.1, 0.15) is 45.3 Å². The molecule has 0 radical (unpaired) electrons. The maximum absolute atomic E-state index is 12.8. The Bertz CT molecular complexity index is 642. The van der Waals surface area contributed by atoms with Gasteiger partial charge in [0.2, 0.25) is 5.91 Å². The summed E-state index contributed by atoms with van der Waals surface area (Å²) < 4.78 is 5.41. The first-order valence-electron chi connectivity index (χ1n) is 8.14. The Hall–Kier alpha value is -2.53. The minimum atomic E-state index is -0.649. The first-order chi connectivity index (χ1) is 11.5. The summed E-state index contributed by atoms with van der Waals surface area (Å²) in [5.41, 5.74) is 9.54. The van der Waals surface area contributed by atoms with E-state index in [1.54, 1.807) is 13.8 Å². The molecule has 0 bridgehead atoms. The van der Waals surface area contributed by atoms with Crippen molar-refractivity contribution in [1.82, 2.24) is 4.90 Å². The number of amides is 2. The summed E-state index contributed by atoms with van der Waals surface area (Å²) in [6.07, 6.45) is 0.243.